The van der Waals surface area contributed by atoms with Gasteiger partial charge < -0.3 is 9.64 Å². The number of quaternary nitrogens is 1. The van der Waals surface area contributed by atoms with Crippen LogP contribution in [0, 0.1) is 5.92 Å². The average Bonchev–Trinajstić information content (AvgIpc) is 2.44. The van der Waals surface area contributed by atoms with E-state index in [2.05, 4.69) is 6.92 Å². The number of hydrogen-bond donors (Lipinski definition) is 1. The highest BCUT2D eigenvalue weighted by molar-refractivity contribution is 5.94. The molecule has 1 fully saturated rings. The van der Waals surface area contributed by atoms with Crippen LogP contribution in [0.2, 0.25) is 0 Å². The maximum Gasteiger partial charge on any atom is 0.159 e. The molecular weight excluding hydrogens is 250 g/mol. The Kier molecular flexibility index (Phi) is 5.60. The second kappa shape index (κ2) is 7.44. The first-order valence-electron chi connectivity index (χ1n) is 7.72. The van der Waals surface area contributed by atoms with Crippen molar-refractivity contribution in [1.29, 1.82) is 0 Å². The van der Waals surface area contributed by atoms with Crippen molar-refractivity contribution in [3.63, 3.8) is 0 Å². The zero-order chi connectivity index (χ0) is 14.4. The van der Waals surface area contributed by atoms with Gasteiger partial charge in [-0.1, -0.05) is 6.92 Å². The Bertz CT molecular complexity index is 427. The fourth-order valence-electron chi connectivity index (χ4n) is 2.92. The van der Waals surface area contributed by atoms with Crippen molar-refractivity contribution in [2.24, 2.45) is 5.92 Å². The molecule has 0 bridgehead atoms. The lowest BCUT2D eigenvalue weighted by Crippen LogP contribution is -3.13. The van der Waals surface area contributed by atoms with Crippen molar-refractivity contribution in [3.05, 3.63) is 29.8 Å². The molecule has 0 saturated carbocycles. The summed E-state index contributed by atoms with van der Waals surface area (Å²) in [5.41, 5.74) is 0.740. The number of ether oxygens (including phenoxy) is 1. The highest BCUT2D eigenvalue weighted by atomic mass is 16.5. The van der Waals surface area contributed by atoms with E-state index in [4.69, 9.17) is 4.74 Å². The van der Waals surface area contributed by atoms with Crippen LogP contribution in [0.25, 0.3) is 0 Å². The smallest absolute Gasteiger partial charge is 0.159 e. The summed E-state index contributed by atoms with van der Waals surface area (Å²) in [6.45, 7) is 8.53. The van der Waals surface area contributed by atoms with Gasteiger partial charge in [0.1, 0.15) is 5.75 Å². The van der Waals surface area contributed by atoms with Gasteiger partial charge in [-0.15, -0.1) is 0 Å². The van der Waals surface area contributed by atoms with Gasteiger partial charge in [0.2, 0.25) is 0 Å². The third-order valence-electron chi connectivity index (χ3n) is 4.07. The molecule has 1 aliphatic heterocycles. The Balaban J connectivity index is 1.66. The second-order valence-corrected chi connectivity index (χ2v) is 5.98. The number of ketones is 1. The summed E-state index contributed by atoms with van der Waals surface area (Å²) < 4.78 is 5.73. The molecule has 3 nitrogen and oxygen atoms in total. The molecule has 3 heteroatoms. The number of nitrogens with one attached hydrogen (secondary N) is 1. The summed E-state index contributed by atoms with van der Waals surface area (Å²) in [5, 5.41) is 0. The number of carbonyl (C=O) groups is 1. The maximum atomic E-state index is 11.2. The van der Waals surface area contributed by atoms with Gasteiger partial charge in [-0.25, -0.2) is 0 Å². The molecule has 2 atom stereocenters. The van der Waals surface area contributed by atoms with Crippen LogP contribution in [-0.2, 0) is 0 Å². The van der Waals surface area contributed by atoms with Gasteiger partial charge in [-0.2, -0.15) is 0 Å². The van der Waals surface area contributed by atoms with Crippen LogP contribution in [0.5, 0.6) is 5.75 Å². The minimum absolute atomic E-state index is 0.0966. The Hall–Kier alpha value is -1.35. The standard InChI is InChI=1S/C17H25NO2/c1-14-5-3-10-18(13-14)11-4-12-20-17-8-6-16(7-9-17)15(2)19/h6-9,14H,3-5,10-13H2,1-2H3/p+1/t14-/m0/s1. The third kappa shape index (κ3) is 4.64. The average molecular weight is 276 g/mol. The van der Waals surface area contributed by atoms with E-state index in [1.165, 1.54) is 32.5 Å². The predicted octanol–water partition coefficient (Wildman–Crippen LogP) is 1.97. The molecule has 2 rings (SSSR count). The van der Waals surface area contributed by atoms with E-state index in [1.54, 1.807) is 11.8 Å². The number of hydrogen-bond acceptors (Lipinski definition) is 2. The van der Waals surface area contributed by atoms with Crippen molar-refractivity contribution in [1.82, 2.24) is 0 Å². The van der Waals surface area contributed by atoms with Gasteiger partial charge in [0.25, 0.3) is 0 Å². The molecule has 1 heterocycles. The predicted molar refractivity (Wildman–Crippen MR) is 80.5 cm³/mol. The number of likely N-dealkylation sites (tertiary alicyclic amines) is 1. The third-order valence-corrected chi connectivity index (χ3v) is 4.07. The topological polar surface area (TPSA) is 30.7 Å². The summed E-state index contributed by atoms with van der Waals surface area (Å²) >= 11 is 0. The van der Waals surface area contributed by atoms with Crippen molar-refractivity contribution >= 4 is 5.78 Å². The van der Waals surface area contributed by atoms with Gasteiger partial charge in [0.05, 0.1) is 26.2 Å². The SMILES string of the molecule is CC(=O)c1ccc(OCCC[NH+]2CCC[C@H](C)C2)cc1. The van der Waals surface area contributed by atoms with Crippen molar-refractivity contribution in [2.75, 3.05) is 26.2 Å². The minimum atomic E-state index is 0.0966. The quantitative estimate of drug-likeness (QED) is 0.636. The Morgan fingerprint density at radius 3 is 2.75 bits per heavy atom. The summed E-state index contributed by atoms with van der Waals surface area (Å²) in [6, 6.07) is 7.42. The number of rotatable bonds is 6. The van der Waals surface area contributed by atoms with E-state index in [0.717, 1.165) is 30.3 Å². The highest BCUT2D eigenvalue weighted by Crippen LogP contribution is 2.12. The zero-order valence-electron chi connectivity index (χ0n) is 12.7. The zero-order valence-corrected chi connectivity index (χ0v) is 12.7. The largest absolute Gasteiger partial charge is 0.493 e. The Morgan fingerprint density at radius 1 is 1.35 bits per heavy atom. The van der Waals surface area contributed by atoms with Crippen LogP contribution in [0.1, 0.15) is 43.5 Å². The van der Waals surface area contributed by atoms with Gasteiger partial charge in [-0.05, 0) is 44.0 Å². The van der Waals surface area contributed by atoms with Crippen LogP contribution in [0.15, 0.2) is 24.3 Å². The minimum Gasteiger partial charge on any atom is -0.493 e. The molecule has 1 unspecified atom stereocenters. The highest BCUT2D eigenvalue weighted by Gasteiger charge is 2.18. The van der Waals surface area contributed by atoms with Crippen molar-refractivity contribution in [3.8, 4) is 5.75 Å². The molecular formula is C17H26NO2+. The van der Waals surface area contributed by atoms with Gasteiger partial charge in [0.15, 0.2) is 5.78 Å². The first kappa shape index (κ1) is 15.0. The van der Waals surface area contributed by atoms with E-state index in [9.17, 15) is 4.79 Å². The molecule has 1 aromatic carbocycles. The molecule has 20 heavy (non-hydrogen) atoms. The molecule has 0 aromatic heterocycles. The second-order valence-electron chi connectivity index (χ2n) is 5.98. The van der Waals surface area contributed by atoms with Gasteiger partial charge >= 0.3 is 0 Å². The number of benzene rings is 1. The molecule has 0 radical (unpaired) electrons. The molecule has 0 aliphatic carbocycles. The number of piperidine rings is 1. The Labute approximate surface area is 121 Å². The van der Waals surface area contributed by atoms with E-state index in [1.807, 2.05) is 24.3 Å². The molecule has 1 aromatic rings. The molecule has 0 amide bonds. The van der Waals surface area contributed by atoms with Crippen molar-refractivity contribution in [2.45, 2.75) is 33.1 Å². The monoisotopic (exact) mass is 276 g/mol. The molecule has 1 saturated heterocycles. The maximum absolute atomic E-state index is 11.2. The van der Waals surface area contributed by atoms with E-state index in [-0.39, 0.29) is 5.78 Å². The van der Waals surface area contributed by atoms with Crippen LogP contribution in [0.3, 0.4) is 0 Å². The number of carbonyl (C=O) groups excluding carboxylic acids is 1. The molecule has 1 aliphatic rings. The lowest BCUT2D eigenvalue weighted by molar-refractivity contribution is -0.908. The van der Waals surface area contributed by atoms with Crippen LogP contribution >= 0.6 is 0 Å². The number of Topliss-reactive ketones (excluding diaryl/α,β-unsaturated/α-hetero) is 1. The fourth-order valence-corrected chi connectivity index (χ4v) is 2.92. The summed E-state index contributed by atoms with van der Waals surface area (Å²) in [6.07, 6.45) is 3.85. The summed E-state index contributed by atoms with van der Waals surface area (Å²) in [7, 11) is 0. The molecule has 110 valence electrons. The summed E-state index contributed by atoms with van der Waals surface area (Å²) in [5.74, 6) is 1.83. The van der Waals surface area contributed by atoms with Gasteiger partial charge in [-0.3, -0.25) is 4.79 Å². The fraction of sp³-hybridized carbons (Fsp3) is 0.588. The summed E-state index contributed by atoms with van der Waals surface area (Å²) in [4.78, 5) is 12.9. The first-order chi connectivity index (χ1) is 9.65. The van der Waals surface area contributed by atoms with E-state index >= 15 is 0 Å². The van der Waals surface area contributed by atoms with Gasteiger partial charge in [0, 0.05) is 17.9 Å². The Morgan fingerprint density at radius 2 is 2.10 bits per heavy atom. The van der Waals surface area contributed by atoms with Crippen LogP contribution in [-0.4, -0.2) is 32.0 Å². The normalized spacial score (nSPS) is 22.5. The van der Waals surface area contributed by atoms with Crippen LogP contribution in [0.4, 0.5) is 0 Å². The van der Waals surface area contributed by atoms with E-state index < -0.39 is 0 Å². The van der Waals surface area contributed by atoms with E-state index in [0.29, 0.717) is 0 Å². The first-order valence-corrected chi connectivity index (χ1v) is 7.72. The lowest BCUT2D eigenvalue weighted by atomic mass is 10.0. The lowest BCUT2D eigenvalue weighted by Gasteiger charge is -2.27. The van der Waals surface area contributed by atoms with Crippen LogP contribution < -0.4 is 9.64 Å². The molecule has 0 spiro atoms. The molecule has 1 N–H and O–H groups in total. The van der Waals surface area contributed by atoms with Crippen molar-refractivity contribution < 1.29 is 14.4 Å².